The number of hydrogen-bond donors (Lipinski definition) is 1. The van der Waals surface area contributed by atoms with Crippen molar-refractivity contribution in [2.45, 2.75) is 52.4 Å². The van der Waals surface area contributed by atoms with E-state index in [0.717, 1.165) is 18.6 Å². The van der Waals surface area contributed by atoms with Gasteiger partial charge in [-0.15, -0.1) is 0 Å². The SMILES string of the molecule is CCC.N=C1CCCCC1. The average molecular weight is 141 g/mol. The summed E-state index contributed by atoms with van der Waals surface area (Å²) in [7, 11) is 0. The van der Waals surface area contributed by atoms with Crippen molar-refractivity contribution in [3.05, 3.63) is 0 Å². The molecule has 1 nitrogen and oxygen atoms in total. The molecule has 1 heteroatoms. The molecule has 1 aliphatic rings. The highest BCUT2D eigenvalue weighted by molar-refractivity contribution is 5.81. The van der Waals surface area contributed by atoms with E-state index >= 15 is 0 Å². The van der Waals surface area contributed by atoms with Crippen molar-refractivity contribution in [3.8, 4) is 0 Å². The van der Waals surface area contributed by atoms with Crippen LogP contribution in [-0.4, -0.2) is 5.71 Å². The highest BCUT2D eigenvalue weighted by Crippen LogP contribution is 2.12. The Morgan fingerprint density at radius 2 is 1.50 bits per heavy atom. The van der Waals surface area contributed by atoms with Gasteiger partial charge in [0.05, 0.1) is 0 Å². The fraction of sp³-hybridized carbons (Fsp3) is 0.889. The van der Waals surface area contributed by atoms with Crippen LogP contribution in [0.25, 0.3) is 0 Å². The zero-order valence-electron chi connectivity index (χ0n) is 7.24. The molecule has 60 valence electrons. The maximum Gasteiger partial charge on any atom is 0.00891 e. The molecule has 1 aliphatic carbocycles. The van der Waals surface area contributed by atoms with Crippen molar-refractivity contribution < 1.29 is 0 Å². The summed E-state index contributed by atoms with van der Waals surface area (Å²) < 4.78 is 0. The van der Waals surface area contributed by atoms with Crippen LogP contribution in [0.5, 0.6) is 0 Å². The molecule has 0 saturated heterocycles. The molecule has 1 fully saturated rings. The molecule has 0 spiro atoms. The first-order chi connectivity index (χ1) is 4.81. The summed E-state index contributed by atoms with van der Waals surface area (Å²) in [6.07, 6.45) is 7.26. The van der Waals surface area contributed by atoms with Gasteiger partial charge in [0.1, 0.15) is 0 Å². The Hall–Kier alpha value is -0.330. The normalized spacial score (nSPS) is 17.6. The molecule has 0 bridgehead atoms. The Morgan fingerprint density at radius 3 is 1.70 bits per heavy atom. The third kappa shape index (κ3) is 5.80. The fourth-order valence-corrected chi connectivity index (χ4v) is 0.979. The van der Waals surface area contributed by atoms with Gasteiger partial charge < -0.3 is 5.41 Å². The maximum absolute atomic E-state index is 7.19. The molecule has 0 aromatic rings. The third-order valence-corrected chi connectivity index (χ3v) is 1.46. The van der Waals surface area contributed by atoms with Crippen LogP contribution in [0.2, 0.25) is 0 Å². The van der Waals surface area contributed by atoms with Crippen LogP contribution in [0.3, 0.4) is 0 Å². The summed E-state index contributed by atoms with van der Waals surface area (Å²) >= 11 is 0. The van der Waals surface area contributed by atoms with Crippen LogP contribution in [0.1, 0.15) is 52.4 Å². The molecule has 0 aromatic carbocycles. The molecule has 0 aliphatic heterocycles. The summed E-state index contributed by atoms with van der Waals surface area (Å²) in [5.74, 6) is 0. The van der Waals surface area contributed by atoms with Crippen LogP contribution in [0, 0.1) is 5.41 Å². The van der Waals surface area contributed by atoms with Gasteiger partial charge in [0.2, 0.25) is 0 Å². The lowest BCUT2D eigenvalue weighted by Gasteiger charge is -2.08. The first-order valence-corrected chi connectivity index (χ1v) is 4.37. The summed E-state index contributed by atoms with van der Waals surface area (Å²) in [5, 5.41) is 7.19. The van der Waals surface area contributed by atoms with Gasteiger partial charge in [-0.1, -0.05) is 26.7 Å². The minimum absolute atomic E-state index is 0.964. The molecular formula is C9H19N. The molecule has 1 rings (SSSR count). The lowest BCUT2D eigenvalue weighted by molar-refractivity contribution is 0.663. The van der Waals surface area contributed by atoms with E-state index in [2.05, 4.69) is 13.8 Å². The monoisotopic (exact) mass is 141 g/mol. The summed E-state index contributed by atoms with van der Waals surface area (Å²) in [6, 6.07) is 0. The second-order valence-corrected chi connectivity index (χ2v) is 2.87. The molecule has 0 atom stereocenters. The van der Waals surface area contributed by atoms with Crippen LogP contribution < -0.4 is 0 Å². The highest BCUT2D eigenvalue weighted by Gasteiger charge is 2.02. The van der Waals surface area contributed by atoms with E-state index in [0.29, 0.717) is 0 Å². The van der Waals surface area contributed by atoms with E-state index in [-0.39, 0.29) is 0 Å². The van der Waals surface area contributed by atoms with Crippen molar-refractivity contribution in [3.63, 3.8) is 0 Å². The number of hydrogen-bond acceptors (Lipinski definition) is 1. The Labute approximate surface area is 64.3 Å². The predicted octanol–water partition coefficient (Wildman–Crippen LogP) is 3.39. The first-order valence-electron chi connectivity index (χ1n) is 4.37. The van der Waals surface area contributed by atoms with E-state index in [9.17, 15) is 0 Å². The number of rotatable bonds is 0. The average Bonchev–Trinajstić information content (AvgIpc) is 1.91. The smallest absolute Gasteiger partial charge is 0.00891 e. The molecule has 10 heavy (non-hydrogen) atoms. The van der Waals surface area contributed by atoms with Crippen LogP contribution in [0.15, 0.2) is 0 Å². The molecule has 0 amide bonds. The summed E-state index contributed by atoms with van der Waals surface area (Å²) in [5.41, 5.74) is 0.964. The van der Waals surface area contributed by atoms with Gasteiger partial charge in [-0.3, -0.25) is 0 Å². The van der Waals surface area contributed by atoms with Gasteiger partial charge in [-0.05, 0) is 25.7 Å². The first kappa shape index (κ1) is 9.67. The van der Waals surface area contributed by atoms with E-state index in [1.54, 1.807) is 0 Å². The van der Waals surface area contributed by atoms with E-state index < -0.39 is 0 Å². The van der Waals surface area contributed by atoms with Gasteiger partial charge in [0, 0.05) is 5.71 Å². The van der Waals surface area contributed by atoms with Gasteiger partial charge in [0.25, 0.3) is 0 Å². The Balaban J connectivity index is 0.000000236. The zero-order chi connectivity index (χ0) is 7.82. The highest BCUT2D eigenvalue weighted by atomic mass is 14.4. The van der Waals surface area contributed by atoms with Crippen molar-refractivity contribution in [1.82, 2.24) is 0 Å². The van der Waals surface area contributed by atoms with Gasteiger partial charge in [-0.25, -0.2) is 0 Å². The minimum atomic E-state index is 0.964. The predicted molar refractivity (Wildman–Crippen MR) is 46.8 cm³/mol. The Kier molecular flexibility index (Phi) is 6.56. The minimum Gasteiger partial charge on any atom is -0.310 e. The second kappa shape index (κ2) is 6.79. The fourth-order valence-electron chi connectivity index (χ4n) is 0.979. The number of nitrogens with one attached hydrogen (secondary N) is 1. The third-order valence-electron chi connectivity index (χ3n) is 1.46. The molecule has 1 saturated carbocycles. The standard InChI is InChI=1S/C6H11N.C3H8/c7-6-4-2-1-3-5-6;1-3-2/h7H,1-5H2;3H2,1-2H3. The van der Waals surface area contributed by atoms with Crippen LogP contribution in [0.4, 0.5) is 0 Å². The quantitative estimate of drug-likeness (QED) is 0.534. The second-order valence-electron chi connectivity index (χ2n) is 2.87. The Bertz CT molecular complexity index is 78.7. The zero-order valence-corrected chi connectivity index (χ0v) is 7.24. The molecule has 0 radical (unpaired) electrons. The van der Waals surface area contributed by atoms with Crippen molar-refractivity contribution in [1.29, 1.82) is 5.41 Å². The van der Waals surface area contributed by atoms with Crippen LogP contribution >= 0.6 is 0 Å². The van der Waals surface area contributed by atoms with E-state index in [1.807, 2.05) is 0 Å². The van der Waals surface area contributed by atoms with Crippen molar-refractivity contribution >= 4 is 5.71 Å². The molecule has 0 aromatic heterocycles. The topological polar surface area (TPSA) is 23.9 Å². The lowest BCUT2D eigenvalue weighted by Crippen LogP contribution is -2.01. The molecule has 0 unspecified atom stereocenters. The molecule has 0 heterocycles. The maximum atomic E-state index is 7.19. The lowest BCUT2D eigenvalue weighted by atomic mass is 9.99. The molecule has 1 N–H and O–H groups in total. The Morgan fingerprint density at radius 1 is 1.10 bits per heavy atom. The van der Waals surface area contributed by atoms with Crippen molar-refractivity contribution in [2.75, 3.05) is 0 Å². The van der Waals surface area contributed by atoms with Gasteiger partial charge >= 0.3 is 0 Å². The van der Waals surface area contributed by atoms with E-state index in [4.69, 9.17) is 5.41 Å². The van der Waals surface area contributed by atoms with Gasteiger partial charge in [-0.2, -0.15) is 0 Å². The van der Waals surface area contributed by atoms with Crippen molar-refractivity contribution in [2.24, 2.45) is 0 Å². The van der Waals surface area contributed by atoms with E-state index in [1.165, 1.54) is 25.7 Å². The summed E-state index contributed by atoms with van der Waals surface area (Å²) in [6.45, 7) is 4.25. The van der Waals surface area contributed by atoms with Gasteiger partial charge in [0.15, 0.2) is 0 Å². The molecular weight excluding hydrogens is 122 g/mol. The largest absolute Gasteiger partial charge is 0.310 e. The summed E-state index contributed by atoms with van der Waals surface area (Å²) in [4.78, 5) is 0. The van der Waals surface area contributed by atoms with Crippen LogP contribution in [-0.2, 0) is 0 Å².